The van der Waals surface area contributed by atoms with Gasteiger partial charge in [-0.05, 0) is 23.8 Å². The van der Waals surface area contributed by atoms with Crippen molar-refractivity contribution in [2.75, 3.05) is 4.72 Å². The van der Waals surface area contributed by atoms with Gasteiger partial charge in [0.05, 0.1) is 16.5 Å². The highest BCUT2D eigenvalue weighted by molar-refractivity contribution is 7.92. The van der Waals surface area contributed by atoms with Crippen LogP contribution in [0.15, 0.2) is 47.4 Å². The Bertz CT molecular complexity index is 714. The van der Waals surface area contributed by atoms with E-state index in [2.05, 4.69) is 4.72 Å². The van der Waals surface area contributed by atoms with Gasteiger partial charge in [0, 0.05) is 0 Å². The van der Waals surface area contributed by atoms with Gasteiger partial charge >= 0.3 is 0 Å². The maximum absolute atomic E-state index is 13.6. The van der Waals surface area contributed by atoms with Gasteiger partial charge in [-0.3, -0.25) is 4.72 Å². The summed E-state index contributed by atoms with van der Waals surface area (Å²) >= 11 is 5.78. The highest BCUT2D eigenvalue weighted by atomic mass is 35.5. The average molecular weight is 316 g/mol. The Labute approximate surface area is 120 Å². The molecule has 106 valence electrons. The normalized spacial score (nSPS) is 11.3. The molecule has 20 heavy (non-hydrogen) atoms. The van der Waals surface area contributed by atoms with E-state index in [9.17, 15) is 12.8 Å². The molecule has 0 aliphatic rings. The molecule has 0 aliphatic carbocycles. The van der Waals surface area contributed by atoms with E-state index >= 15 is 0 Å². The van der Waals surface area contributed by atoms with Crippen LogP contribution >= 0.6 is 11.6 Å². The molecule has 4 nitrogen and oxygen atoms in total. The zero-order valence-electron chi connectivity index (χ0n) is 10.2. The third-order valence-corrected chi connectivity index (χ3v) is 4.40. The Kier molecular flexibility index (Phi) is 4.27. The van der Waals surface area contributed by atoms with Gasteiger partial charge in [-0.2, -0.15) is 0 Å². The first kappa shape index (κ1) is 14.8. The van der Waals surface area contributed by atoms with Crippen molar-refractivity contribution in [1.82, 2.24) is 0 Å². The molecule has 0 radical (unpaired) electrons. The van der Waals surface area contributed by atoms with Crippen LogP contribution in [0.3, 0.4) is 0 Å². The van der Waals surface area contributed by atoms with Crippen LogP contribution in [0, 0.1) is 5.82 Å². The molecule has 0 amide bonds. The zero-order valence-corrected chi connectivity index (χ0v) is 11.7. The van der Waals surface area contributed by atoms with Crippen LogP contribution in [0.4, 0.5) is 10.1 Å². The summed E-state index contributed by atoms with van der Waals surface area (Å²) < 4.78 is 40.2. The van der Waals surface area contributed by atoms with Crippen LogP contribution in [0.25, 0.3) is 0 Å². The van der Waals surface area contributed by atoms with E-state index in [1.807, 2.05) is 0 Å². The first-order chi connectivity index (χ1) is 9.45. The average Bonchev–Trinajstić information content (AvgIpc) is 2.43. The van der Waals surface area contributed by atoms with Crippen molar-refractivity contribution >= 4 is 27.3 Å². The summed E-state index contributed by atoms with van der Waals surface area (Å²) in [5, 5.41) is 9.12. The van der Waals surface area contributed by atoms with Gasteiger partial charge in [-0.1, -0.05) is 35.9 Å². The van der Waals surface area contributed by atoms with Crippen molar-refractivity contribution in [1.29, 1.82) is 0 Å². The Morgan fingerprint density at radius 3 is 2.50 bits per heavy atom. The fraction of sp³-hybridized carbons (Fsp3) is 0.0769. The quantitative estimate of drug-likeness (QED) is 0.911. The summed E-state index contributed by atoms with van der Waals surface area (Å²) in [4.78, 5) is -0.123. The van der Waals surface area contributed by atoms with Crippen LogP contribution in [-0.4, -0.2) is 13.5 Å². The third-order valence-electron chi connectivity index (χ3n) is 2.63. The van der Waals surface area contributed by atoms with Crippen LogP contribution < -0.4 is 4.72 Å². The smallest absolute Gasteiger partial charge is 0.262 e. The number of sulfonamides is 1. The minimum atomic E-state index is -4.04. The van der Waals surface area contributed by atoms with Crippen LogP contribution in [0.5, 0.6) is 0 Å². The minimum Gasteiger partial charge on any atom is -0.392 e. The maximum Gasteiger partial charge on any atom is 0.262 e. The molecule has 0 bridgehead atoms. The number of aliphatic hydroxyl groups excluding tert-OH is 1. The second kappa shape index (κ2) is 5.78. The number of hydrogen-bond donors (Lipinski definition) is 2. The Balaban J connectivity index is 2.47. The fourth-order valence-corrected chi connectivity index (χ4v) is 3.27. The van der Waals surface area contributed by atoms with Crippen molar-refractivity contribution in [3.63, 3.8) is 0 Å². The number of benzene rings is 2. The number of aliphatic hydroxyl groups is 1. The van der Waals surface area contributed by atoms with Gasteiger partial charge in [0.15, 0.2) is 0 Å². The molecule has 2 aromatic rings. The number of rotatable bonds is 4. The van der Waals surface area contributed by atoms with Crippen molar-refractivity contribution in [3.8, 4) is 0 Å². The molecule has 2 rings (SSSR count). The fourth-order valence-electron chi connectivity index (χ4n) is 1.68. The number of para-hydroxylation sites is 1. The molecule has 7 heteroatoms. The van der Waals surface area contributed by atoms with E-state index in [-0.39, 0.29) is 21.2 Å². The first-order valence-corrected chi connectivity index (χ1v) is 7.47. The van der Waals surface area contributed by atoms with Gasteiger partial charge in [0.2, 0.25) is 0 Å². The molecule has 0 fully saturated rings. The molecular weight excluding hydrogens is 305 g/mol. The summed E-state index contributed by atoms with van der Waals surface area (Å²) in [6.07, 6.45) is 0. The molecule has 2 N–H and O–H groups in total. The number of nitrogens with one attached hydrogen (secondary N) is 1. The predicted molar refractivity (Wildman–Crippen MR) is 74.6 cm³/mol. The molecule has 0 heterocycles. The van der Waals surface area contributed by atoms with Crippen molar-refractivity contribution in [3.05, 3.63) is 58.9 Å². The Morgan fingerprint density at radius 1 is 1.15 bits per heavy atom. The Hall–Kier alpha value is -1.63. The van der Waals surface area contributed by atoms with E-state index in [0.717, 1.165) is 6.07 Å². The van der Waals surface area contributed by atoms with E-state index in [0.29, 0.717) is 0 Å². The highest BCUT2D eigenvalue weighted by Gasteiger charge is 2.20. The summed E-state index contributed by atoms with van der Waals surface area (Å²) in [7, 11) is -4.04. The summed E-state index contributed by atoms with van der Waals surface area (Å²) in [6, 6.07) is 9.75. The lowest BCUT2D eigenvalue weighted by molar-refractivity contribution is 0.278. The minimum absolute atomic E-state index is 0.0462. The van der Waals surface area contributed by atoms with Gasteiger partial charge in [-0.15, -0.1) is 0 Å². The van der Waals surface area contributed by atoms with Gasteiger partial charge in [0.25, 0.3) is 10.0 Å². The lowest BCUT2D eigenvalue weighted by Gasteiger charge is -2.12. The highest BCUT2D eigenvalue weighted by Crippen LogP contribution is 2.28. The molecule has 0 unspecified atom stereocenters. The predicted octanol–water partition coefficient (Wildman–Crippen LogP) is 2.77. The molecule has 2 aromatic carbocycles. The van der Waals surface area contributed by atoms with Crippen LogP contribution in [0.1, 0.15) is 5.56 Å². The number of anilines is 1. The van der Waals surface area contributed by atoms with Crippen molar-refractivity contribution in [2.24, 2.45) is 0 Å². The van der Waals surface area contributed by atoms with Crippen molar-refractivity contribution in [2.45, 2.75) is 11.5 Å². The van der Waals surface area contributed by atoms with E-state index < -0.39 is 22.4 Å². The van der Waals surface area contributed by atoms with Gasteiger partial charge in [-0.25, -0.2) is 12.8 Å². The second-order valence-electron chi connectivity index (χ2n) is 3.97. The van der Waals surface area contributed by atoms with E-state index in [4.69, 9.17) is 16.7 Å². The molecule has 0 aromatic heterocycles. The monoisotopic (exact) mass is 315 g/mol. The molecule has 0 saturated carbocycles. The largest absolute Gasteiger partial charge is 0.392 e. The molecular formula is C13H11ClFNO3S. The van der Waals surface area contributed by atoms with Crippen LogP contribution in [-0.2, 0) is 16.6 Å². The van der Waals surface area contributed by atoms with Crippen LogP contribution in [0.2, 0.25) is 5.02 Å². The SMILES string of the molecule is O=S(=O)(Nc1c(F)cccc1Cl)c1ccccc1CO. The van der Waals surface area contributed by atoms with Gasteiger partial charge in [0.1, 0.15) is 11.5 Å². The number of hydrogen-bond acceptors (Lipinski definition) is 3. The summed E-state index contributed by atoms with van der Waals surface area (Å²) in [5.41, 5.74) is -0.102. The molecule has 0 saturated heterocycles. The third kappa shape index (κ3) is 2.92. The lowest BCUT2D eigenvalue weighted by Crippen LogP contribution is -2.16. The first-order valence-electron chi connectivity index (χ1n) is 5.61. The lowest BCUT2D eigenvalue weighted by atomic mass is 10.2. The van der Waals surface area contributed by atoms with E-state index in [1.54, 1.807) is 6.07 Å². The zero-order chi connectivity index (χ0) is 14.8. The molecule has 0 aliphatic heterocycles. The topological polar surface area (TPSA) is 66.4 Å². The van der Waals surface area contributed by atoms with Crippen molar-refractivity contribution < 1.29 is 17.9 Å². The van der Waals surface area contributed by atoms with E-state index in [1.165, 1.54) is 30.3 Å². The molecule has 0 spiro atoms. The standard InChI is InChI=1S/C13H11ClFNO3S/c14-10-5-3-6-11(15)13(10)16-20(18,19)12-7-2-1-4-9(12)8-17/h1-7,16-17H,8H2. The second-order valence-corrected chi connectivity index (χ2v) is 6.03. The number of halogens is 2. The summed E-state index contributed by atoms with van der Waals surface area (Å²) in [5.74, 6) is -0.775. The van der Waals surface area contributed by atoms with Gasteiger partial charge < -0.3 is 5.11 Å². The molecule has 0 atom stereocenters. The maximum atomic E-state index is 13.6. The Morgan fingerprint density at radius 2 is 1.85 bits per heavy atom. The summed E-state index contributed by atoms with van der Waals surface area (Å²) in [6.45, 7) is -0.442.